The minimum atomic E-state index is -0.277. The third kappa shape index (κ3) is 9.06. The fourth-order valence-corrected chi connectivity index (χ4v) is 3.04. The lowest BCUT2D eigenvalue weighted by atomic mass is 10.4. The number of nitrogens with one attached hydrogen (secondary N) is 1. The minimum Gasteiger partial charge on any atom is -0.465 e. The summed E-state index contributed by atoms with van der Waals surface area (Å²) in [5, 5.41) is 2.83. The Morgan fingerprint density at radius 3 is 2.62 bits per heavy atom. The van der Waals surface area contributed by atoms with Crippen molar-refractivity contribution in [1.29, 1.82) is 0 Å². The number of hydrogen-bond acceptors (Lipinski definition) is 5. The van der Waals surface area contributed by atoms with E-state index < -0.39 is 0 Å². The van der Waals surface area contributed by atoms with E-state index in [0.29, 0.717) is 13.2 Å². The number of carbonyl (C=O) groups is 2. The number of hydrogen-bond donors (Lipinski definition) is 1. The van der Waals surface area contributed by atoms with Crippen LogP contribution in [0.15, 0.2) is 33.6 Å². The van der Waals surface area contributed by atoms with Crippen LogP contribution in [0.2, 0.25) is 0 Å². The van der Waals surface area contributed by atoms with Gasteiger partial charge >= 0.3 is 5.97 Å². The standard InChI is InChI=1S/C14H18BrNO3S2/c1-2-19-14(18)10-20-9-13(17)16-7-8-21-12-5-3-11(15)4-6-12/h3-6H,2,7-10H2,1H3,(H,16,17). The Balaban J connectivity index is 2.05. The van der Waals surface area contributed by atoms with Gasteiger partial charge in [0, 0.05) is 21.7 Å². The molecule has 0 saturated carbocycles. The fraction of sp³-hybridized carbons (Fsp3) is 0.429. The third-order valence-electron chi connectivity index (χ3n) is 2.26. The molecule has 7 heteroatoms. The average Bonchev–Trinajstić information content (AvgIpc) is 2.46. The van der Waals surface area contributed by atoms with Gasteiger partial charge in [0.25, 0.3) is 0 Å². The van der Waals surface area contributed by atoms with Crippen LogP contribution in [0, 0.1) is 0 Å². The SMILES string of the molecule is CCOC(=O)CSCC(=O)NCCSc1ccc(Br)cc1. The molecule has 0 aromatic heterocycles. The van der Waals surface area contributed by atoms with Crippen molar-refractivity contribution < 1.29 is 14.3 Å². The van der Waals surface area contributed by atoms with Crippen molar-refractivity contribution in [3.05, 3.63) is 28.7 Å². The minimum absolute atomic E-state index is 0.0549. The smallest absolute Gasteiger partial charge is 0.315 e. The molecule has 0 saturated heterocycles. The van der Waals surface area contributed by atoms with E-state index in [2.05, 4.69) is 21.2 Å². The van der Waals surface area contributed by atoms with Gasteiger partial charge in [0.15, 0.2) is 0 Å². The Morgan fingerprint density at radius 2 is 1.95 bits per heavy atom. The maximum absolute atomic E-state index is 11.5. The van der Waals surface area contributed by atoms with Gasteiger partial charge in [-0.15, -0.1) is 23.5 Å². The van der Waals surface area contributed by atoms with Crippen molar-refractivity contribution in [2.24, 2.45) is 0 Å². The van der Waals surface area contributed by atoms with Crippen molar-refractivity contribution in [3.63, 3.8) is 0 Å². The molecule has 0 unspecified atom stereocenters. The molecule has 0 aliphatic heterocycles. The monoisotopic (exact) mass is 391 g/mol. The van der Waals surface area contributed by atoms with E-state index in [1.807, 2.05) is 24.3 Å². The maximum Gasteiger partial charge on any atom is 0.315 e. The molecular formula is C14H18BrNO3S2. The molecule has 0 atom stereocenters. The highest BCUT2D eigenvalue weighted by Gasteiger charge is 2.05. The van der Waals surface area contributed by atoms with Gasteiger partial charge in [-0.2, -0.15) is 0 Å². The maximum atomic E-state index is 11.5. The highest BCUT2D eigenvalue weighted by Crippen LogP contribution is 2.19. The van der Waals surface area contributed by atoms with E-state index in [0.717, 1.165) is 10.2 Å². The second-order valence-electron chi connectivity index (χ2n) is 3.95. The van der Waals surface area contributed by atoms with Gasteiger partial charge in [-0.3, -0.25) is 9.59 Å². The van der Waals surface area contributed by atoms with E-state index in [1.54, 1.807) is 18.7 Å². The summed E-state index contributed by atoms with van der Waals surface area (Å²) in [5.41, 5.74) is 0. The molecule has 0 aliphatic rings. The molecule has 1 amide bonds. The Hall–Kier alpha value is -0.660. The van der Waals surface area contributed by atoms with E-state index in [1.165, 1.54) is 16.7 Å². The van der Waals surface area contributed by atoms with Crippen molar-refractivity contribution in [2.75, 3.05) is 30.4 Å². The van der Waals surface area contributed by atoms with Crippen LogP contribution < -0.4 is 5.32 Å². The van der Waals surface area contributed by atoms with E-state index in [4.69, 9.17) is 4.74 Å². The van der Waals surface area contributed by atoms with E-state index in [9.17, 15) is 9.59 Å². The van der Waals surface area contributed by atoms with Gasteiger partial charge in [0.05, 0.1) is 18.1 Å². The number of carbonyl (C=O) groups excluding carboxylic acids is 2. The first-order valence-corrected chi connectivity index (χ1v) is 9.43. The summed E-state index contributed by atoms with van der Waals surface area (Å²) in [6.07, 6.45) is 0. The zero-order chi connectivity index (χ0) is 15.5. The highest BCUT2D eigenvalue weighted by molar-refractivity contribution is 9.10. The van der Waals surface area contributed by atoms with Crippen molar-refractivity contribution in [3.8, 4) is 0 Å². The summed E-state index contributed by atoms with van der Waals surface area (Å²) in [5.74, 6) is 0.980. The lowest BCUT2D eigenvalue weighted by Gasteiger charge is -2.05. The zero-order valence-corrected chi connectivity index (χ0v) is 15.0. The molecule has 0 bridgehead atoms. The molecule has 0 spiro atoms. The second kappa shape index (κ2) is 11.0. The van der Waals surface area contributed by atoms with Crippen molar-refractivity contribution in [1.82, 2.24) is 5.32 Å². The third-order valence-corrected chi connectivity index (χ3v) is 4.71. The molecule has 4 nitrogen and oxygen atoms in total. The second-order valence-corrected chi connectivity index (χ2v) is 7.02. The number of benzene rings is 1. The van der Waals surface area contributed by atoms with Gasteiger partial charge in [0.2, 0.25) is 5.91 Å². The van der Waals surface area contributed by atoms with Gasteiger partial charge in [-0.25, -0.2) is 0 Å². The first-order chi connectivity index (χ1) is 10.1. The Morgan fingerprint density at radius 1 is 1.24 bits per heavy atom. The number of ether oxygens (including phenoxy) is 1. The first kappa shape index (κ1) is 18.4. The van der Waals surface area contributed by atoms with Crippen molar-refractivity contribution >= 4 is 51.3 Å². The Kier molecular flexibility index (Phi) is 9.62. The van der Waals surface area contributed by atoms with Crippen LogP contribution in [0.4, 0.5) is 0 Å². The quantitative estimate of drug-likeness (QED) is 0.398. The first-order valence-electron chi connectivity index (χ1n) is 6.50. The normalized spacial score (nSPS) is 10.2. The molecule has 0 fully saturated rings. The summed E-state index contributed by atoms with van der Waals surface area (Å²) in [7, 11) is 0. The lowest BCUT2D eigenvalue weighted by molar-refractivity contribution is -0.139. The van der Waals surface area contributed by atoms with E-state index >= 15 is 0 Å². The Labute approximate surface area is 141 Å². The summed E-state index contributed by atoms with van der Waals surface area (Å²) < 4.78 is 5.84. The topological polar surface area (TPSA) is 55.4 Å². The Bertz CT molecular complexity index is 454. The molecule has 116 valence electrons. The summed E-state index contributed by atoms with van der Waals surface area (Å²) in [6, 6.07) is 8.05. The zero-order valence-electron chi connectivity index (χ0n) is 11.8. The molecule has 1 N–H and O–H groups in total. The lowest BCUT2D eigenvalue weighted by Crippen LogP contribution is -2.27. The van der Waals surface area contributed by atoms with E-state index in [-0.39, 0.29) is 23.4 Å². The number of esters is 1. The van der Waals surface area contributed by atoms with Gasteiger partial charge in [-0.05, 0) is 31.2 Å². The predicted octanol–water partition coefficient (Wildman–Crippen LogP) is 2.95. The summed E-state index contributed by atoms with van der Waals surface area (Å²) in [4.78, 5) is 23.8. The predicted molar refractivity (Wildman–Crippen MR) is 91.8 cm³/mol. The molecular weight excluding hydrogens is 374 g/mol. The van der Waals surface area contributed by atoms with Crippen LogP contribution >= 0.6 is 39.5 Å². The summed E-state index contributed by atoms with van der Waals surface area (Å²) in [6.45, 7) is 2.75. The van der Waals surface area contributed by atoms with Crippen LogP contribution in [0.3, 0.4) is 0 Å². The van der Waals surface area contributed by atoms with Gasteiger partial charge in [0.1, 0.15) is 0 Å². The average molecular weight is 392 g/mol. The molecule has 0 radical (unpaired) electrons. The molecule has 1 aromatic carbocycles. The van der Waals surface area contributed by atoms with Crippen LogP contribution in [-0.4, -0.2) is 42.3 Å². The number of amides is 1. The number of rotatable bonds is 9. The van der Waals surface area contributed by atoms with Crippen LogP contribution in [0.25, 0.3) is 0 Å². The van der Waals surface area contributed by atoms with Crippen LogP contribution in [0.1, 0.15) is 6.92 Å². The molecule has 1 aromatic rings. The fourth-order valence-electron chi connectivity index (χ4n) is 1.37. The summed E-state index contributed by atoms with van der Waals surface area (Å²) >= 11 is 6.35. The van der Waals surface area contributed by atoms with Gasteiger partial charge in [-0.1, -0.05) is 15.9 Å². The molecule has 21 heavy (non-hydrogen) atoms. The number of halogens is 1. The van der Waals surface area contributed by atoms with Crippen molar-refractivity contribution in [2.45, 2.75) is 11.8 Å². The van der Waals surface area contributed by atoms with Gasteiger partial charge < -0.3 is 10.1 Å². The van der Waals surface area contributed by atoms with Crippen LogP contribution in [0.5, 0.6) is 0 Å². The largest absolute Gasteiger partial charge is 0.465 e. The highest BCUT2D eigenvalue weighted by atomic mass is 79.9. The van der Waals surface area contributed by atoms with Crippen LogP contribution in [-0.2, 0) is 14.3 Å². The molecule has 0 heterocycles. The molecule has 0 aliphatic carbocycles. The number of thioether (sulfide) groups is 2. The molecule has 1 rings (SSSR count).